The molecule has 2 saturated heterocycles. The van der Waals surface area contributed by atoms with E-state index in [2.05, 4.69) is 21.4 Å². The Bertz CT molecular complexity index is 1570. The van der Waals surface area contributed by atoms with Crippen molar-refractivity contribution >= 4 is 34.4 Å². The molecule has 0 spiro atoms. The van der Waals surface area contributed by atoms with E-state index < -0.39 is 11.6 Å². The van der Waals surface area contributed by atoms with Crippen molar-refractivity contribution in [3.05, 3.63) is 64.6 Å². The first kappa shape index (κ1) is 27.0. The van der Waals surface area contributed by atoms with Gasteiger partial charge in [-0.25, -0.2) is 13.6 Å². The molecule has 2 fully saturated rings. The molecule has 40 heavy (non-hydrogen) atoms. The third-order valence-corrected chi connectivity index (χ3v) is 9.63. The zero-order valence-corrected chi connectivity index (χ0v) is 23.8. The highest BCUT2D eigenvalue weighted by Crippen LogP contribution is 2.46. The Labute approximate surface area is 236 Å². The summed E-state index contributed by atoms with van der Waals surface area (Å²) in [7, 11) is 0. The maximum Gasteiger partial charge on any atom is 0.350 e. The number of hydrogen-bond donors (Lipinski definition) is 0. The van der Waals surface area contributed by atoms with Gasteiger partial charge in [0.25, 0.3) is 0 Å². The van der Waals surface area contributed by atoms with Crippen LogP contribution in [0.25, 0.3) is 22.0 Å². The van der Waals surface area contributed by atoms with Crippen molar-refractivity contribution in [1.29, 1.82) is 0 Å². The minimum Gasteiger partial charge on any atom is -0.352 e. The lowest BCUT2D eigenvalue weighted by Gasteiger charge is -2.45. The Balaban J connectivity index is 1.55. The molecule has 3 aliphatic rings. The molecule has 7 nitrogen and oxygen atoms in total. The van der Waals surface area contributed by atoms with E-state index in [4.69, 9.17) is 0 Å². The number of carbonyl (C=O) groups excluding carboxylic acids is 1. The number of benzene rings is 2. The SMILES string of the molecule is C=CC(=O)N1[C@H](C)CN(c2nc(=O)n3c4c(c(-c5ccc(F)cc5F)c(C)cc24)SCC3CN2CCC2)C[C@@H]1C. The molecule has 1 amide bonds. The summed E-state index contributed by atoms with van der Waals surface area (Å²) in [5, 5.41) is 0.835. The van der Waals surface area contributed by atoms with Crippen molar-refractivity contribution in [2.24, 2.45) is 0 Å². The number of anilines is 1. The molecule has 3 aliphatic heterocycles. The number of nitrogens with zero attached hydrogens (tertiary/aromatic N) is 5. The van der Waals surface area contributed by atoms with Crippen LogP contribution < -0.4 is 10.6 Å². The lowest BCUT2D eigenvalue weighted by molar-refractivity contribution is -0.130. The third-order valence-electron chi connectivity index (χ3n) is 8.39. The van der Waals surface area contributed by atoms with Crippen LogP contribution >= 0.6 is 11.8 Å². The van der Waals surface area contributed by atoms with Crippen molar-refractivity contribution in [3.8, 4) is 11.1 Å². The fraction of sp³-hybridized carbons (Fsp3) is 0.433. The average molecular weight is 566 g/mol. The normalized spacial score (nSPS) is 22.9. The largest absolute Gasteiger partial charge is 0.352 e. The van der Waals surface area contributed by atoms with Gasteiger partial charge in [-0.3, -0.25) is 9.36 Å². The van der Waals surface area contributed by atoms with Crippen LogP contribution in [0.1, 0.15) is 31.9 Å². The number of aromatic nitrogens is 2. The molecule has 0 aliphatic carbocycles. The first-order valence-corrected chi connectivity index (χ1v) is 14.8. The Morgan fingerprint density at radius 2 is 1.90 bits per heavy atom. The summed E-state index contributed by atoms with van der Waals surface area (Å²) in [6, 6.07) is 5.36. The number of amides is 1. The topological polar surface area (TPSA) is 61.7 Å². The second-order valence-corrected chi connectivity index (χ2v) is 12.2. The minimum absolute atomic E-state index is 0.0668. The molecule has 10 heteroatoms. The van der Waals surface area contributed by atoms with Crippen molar-refractivity contribution in [2.45, 2.75) is 50.2 Å². The van der Waals surface area contributed by atoms with Crippen LogP contribution in [0.2, 0.25) is 0 Å². The van der Waals surface area contributed by atoms with Gasteiger partial charge in [-0.2, -0.15) is 4.98 Å². The smallest absolute Gasteiger partial charge is 0.350 e. The van der Waals surface area contributed by atoms with Crippen LogP contribution in [0.3, 0.4) is 0 Å². The Hall–Kier alpha value is -3.24. The number of hydrogen-bond acceptors (Lipinski definition) is 6. The number of likely N-dealkylation sites (tertiary alicyclic amines) is 1. The molecule has 2 aromatic carbocycles. The van der Waals surface area contributed by atoms with Crippen LogP contribution in [-0.2, 0) is 4.79 Å². The quantitative estimate of drug-likeness (QED) is 0.421. The molecule has 0 radical (unpaired) electrons. The van der Waals surface area contributed by atoms with Crippen LogP contribution in [-0.4, -0.2) is 75.8 Å². The summed E-state index contributed by atoms with van der Waals surface area (Å²) in [5.74, 6) is -0.125. The Morgan fingerprint density at radius 3 is 2.52 bits per heavy atom. The van der Waals surface area contributed by atoms with Crippen molar-refractivity contribution in [1.82, 2.24) is 19.4 Å². The first-order chi connectivity index (χ1) is 19.2. The number of rotatable bonds is 5. The zero-order chi connectivity index (χ0) is 28.3. The Morgan fingerprint density at radius 1 is 1.18 bits per heavy atom. The Kier molecular flexibility index (Phi) is 6.94. The van der Waals surface area contributed by atoms with E-state index in [1.807, 2.05) is 31.7 Å². The predicted octanol–water partition coefficient (Wildman–Crippen LogP) is 4.61. The summed E-state index contributed by atoms with van der Waals surface area (Å²) in [5.41, 5.74) is 2.27. The predicted molar refractivity (Wildman–Crippen MR) is 155 cm³/mol. The minimum atomic E-state index is -0.629. The summed E-state index contributed by atoms with van der Waals surface area (Å²) in [6.45, 7) is 13.4. The number of carbonyl (C=O) groups is 1. The van der Waals surface area contributed by atoms with Crippen LogP contribution in [0, 0.1) is 18.6 Å². The van der Waals surface area contributed by atoms with Gasteiger partial charge >= 0.3 is 5.69 Å². The standard InChI is InChI=1S/C30H33F2N5O2S/c1-5-25(38)36-18(3)13-35(14-19(36)4)29-23-11-17(2)26(22-8-7-20(31)12-24(22)32)28-27(23)37(30(39)33-29)21(16-40-28)15-34-9-6-10-34/h5,7-8,11-12,18-19,21H,1,6,9-10,13-16H2,2-4H3/t18-,19+,21?. The average Bonchev–Trinajstić information content (AvgIpc) is 2.88. The number of thioether (sulfide) groups is 1. The monoisotopic (exact) mass is 565 g/mol. The molecule has 3 atom stereocenters. The molecule has 1 aromatic heterocycles. The van der Waals surface area contributed by atoms with E-state index in [1.54, 1.807) is 16.3 Å². The fourth-order valence-corrected chi connectivity index (χ4v) is 7.89. The maximum absolute atomic E-state index is 15.1. The second-order valence-electron chi connectivity index (χ2n) is 11.2. The molecule has 0 bridgehead atoms. The van der Waals surface area contributed by atoms with Gasteiger partial charge in [0.15, 0.2) is 0 Å². The lowest BCUT2D eigenvalue weighted by Crippen LogP contribution is -2.58. The van der Waals surface area contributed by atoms with Crippen LogP contribution in [0.5, 0.6) is 0 Å². The molecular formula is C30H33F2N5O2S. The maximum atomic E-state index is 15.1. The number of halogens is 2. The third kappa shape index (κ3) is 4.41. The van der Waals surface area contributed by atoms with Crippen LogP contribution in [0.15, 0.2) is 46.6 Å². The fourth-order valence-electron chi connectivity index (χ4n) is 6.52. The van der Waals surface area contributed by atoms with E-state index in [1.165, 1.54) is 18.2 Å². The van der Waals surface area contributed by atoms with Gasteiger partial charge in [0.2, 0.25) is 5.91 Å². The van der Waals surface area contributed by atoms with Gasteiger partial charge in [-0.05, 0) is 70.1 Å². The highest BCUT2D eigenvalue weighted by molar-refractivity contribution is 7.99. The lowest BCUT2D eigenvalue weighted by atomic mass is 9.96. The van der Waals surface area contributed by atoms with E-state index in [0.717, 1.165) is 53.5 Å². The molecule has 4 heterocycles. The first-order valence-electron chi connectivity index (χ1n) is 13.8. The summed E-state index contributed by atoms with van der Waals surface area (Å²) in [4.78, 5) is 38.1. The van der Waals surface area contributed by atoms with Gasteiger partial charge in [0.1, 0.15) is 17.5 Å². The molecule has 1 unspecified atom stereocenters. The van der Waals surface area contributed by atoms with E-state index in [9.17, 15) is 14.0 Å². The second kappa shape index (κ2) is 10.3. The highest BCUT2D eigenvalue weighted by Gasteiger charge is 2.36. The summed E-state index contributed by atoms with van der Waals surface area (Å²) < 4.78 is 30.8. The van der Waals surface area contributed by atoms with Crippen LogP contribution in [0.4, 0.5) is 14.6 Å². The van der Waals surface area contributed by atoms with E-state index in [0.29, 0.717) is 35.8 Å². The molecule has 6 rings (SSSR count). The zero-order valence-electron chi connectivity index (χ0n) is 23.0. The molecular weight excluding hydrogens is 532 g/mol. The van der Waals surface area contributed by atoms with Crippen molar-refractivity contribution in [3.63, 3.8) is 0 Å². The van der Waals surface area contributed by atoms with Crippen molar-refractivity contribution < 1.29 is 13.6 Å². The number of piperazine rings is 1. The van der Waals surface area contributed by atoms with Gasteiger partial charge in [0.05, 0.1) is 11.6 Å². The summed E-state index contributed by atoms with van der Waals surface area (Å²) >= 11 is 1.63. The summed E-state index contributed by atoms with van der Waals surface area (Å²) in [6.07, 6.45) is 2.49. The molecule has 0 saturated carbocycles. The van der Waals surface area contributed by atoms with Gasteiger partial charge in [0, 0.05) is 64.9 Å². The molecule has 0 N–H and O–H groups in total. The van der Waals surface area contributed by atoms with Gasteiger partial charge in [-0.1, -0.05) is 6.58 Å². The highest BCUT2D eigenvalue weighted by atomic mass is 32.2. The molecule has 3 aromatic rings. The van der Waals surface area contributed by atoms with Gasteiger partial charge in [-0.15, -0.1) is 11.8 Å². The molecule has 210 valence electrons. The van der Waals surface area contributed by atoms with E-state index >= 15 is 4.39 Å². The van der Waals surface area contributed by atoms with Crippen molar-refractivity contribution in [2.75, 3.05) is 43.4 Å². The van der Waals surface area contributed by atoms with E-state index in [-0.39, 0.29) is 29.7 Å². The number of aryl methyl sites for hydroxylation is 1. The van der Waals surface area contributed by atoms with Gasteiger partial charge < -0.3 is 14.7 Å².